The van der Waals surface area contributed by atoms with E-state index in [2.05, 4.69) is 5.32 Å². The van der Waals surface area contributed by atoms with Crippen molar-refractivity contribution in [3.05, 3.63) is 18.2 Å². The maximum absolute atomic E-state index is 12.0. The summed E-state index contributed by atoms with van der Waals surface area (Å²) in [5, 5.41) is 2.20. The number of hydrogen-bond donors (Lipinski definition) is 2. The molecule has 0 bridgehead atoms. The van der Waals surface area contributed by atoms with Gasteiger partial charge in [-0.05, 0) is 12.1 Å². The molecule has 0 aromatic heterocycles. The van der Waals surface area contributed by atoms with Crippen LogP contribution in [0.4, 0.5) is 16.2 Å². The van der Waals surface area contributed by atoms with Gasteiger partial charge >= 0.3 is 0 Å². The molecule has 0 unspecified atom stereocenters. The second kappa shape index (κ2) is 6.49. The lowest BCUT2D eigenvalue weighted by Crippen LogP contribution is -2.43. The molecule has 3 N–H and O–H groups in total. The van der Waals surface area contributed by atoms with Gasteiger partial charge in [-0.25, -0.2) is 0 Å². The Morgan fingerprint density at radius 2 is 2.24 bits per heavy atom. The van der Waals surface area contributed by atoms with Crippen LogP contribution in [0.15, 0.2) is 18.2 Å². The third-order valence-electron chi connectivity index (χ3n) is 2.86. The molecule has 3 amide bonds. The van der Waals surface area contributed by atoms with E-state index in [1.54, 1.807) is 18.2 Å². The van der Waals surface area contributed by atoms with Gasteiger partial charge in [-0.1, -0.05) is 11.8 Å². The second-order valence-electron chi connectivity index (χ2n) is 4.35. The number of anilines is 2. The minimum Gasteiger partial charge on any atom is -0.494 e. The molecule has 0 radical (unpaired) electrons. The number of carbonyl (C=O) groups is 3. The van der Waals surface area contributed by atoms with Gasteiger partial charge < -0.3 is 15.8 Å². The molecule has 1 aromatic rings. The van der Waals surface area contributed by atoms with Gasteiger partial charge in [0.25, 0.3) is 5.24 Å². The van der Waals surface area contributed by atoms with Crippen LogP contribution in [0.2, 0.25) is 0 Å². The Morgan fingerprint density at radius 3 is 2.90 bits per heavy atom. The van der Waals surface area contributed by atoms with Gasteiger partial charge in [-0.2, -0.15) is 0 Å². The lowest BCUT2D eigenvalue weighted by atomic mass is 10.2. The number of nitrogen functional groups attached to an aromatic ring is 1. The van der Waals surface area contributed by atoms with Crippen molar-refractivity contribution in [3.8, 4) is 5.75 Å². The summed E-state index contributed by atoms with van der Waals surface area (Å²) in [6.45, 7) is -0.307. The van der Waals surface area contributed by atoms with Crippen LogP contribution in [0.5, 0.6) is 5.75 Å². The largest absolute Gasteiger partial charge is 0.494 e. The summed E-state index contributed by atoms with van der Waals surface area (Å²) in [7, 11) is 1.46. The molecule has 1 saturated heterocycles. The lowest BCUT2D eigenvalue weighted by Gasteiger charge is -2.23. The van der Waals surface area contributed by atoms with Gasteiger partial charge in [0.2, 0.25) is 11.8 Å². The molecule has 1 aliphatic heterocycles. The molecule has 8 heteroatoms. The molecule has 0 saturated carbocycles. The van der Waals surface area contributed by atoms with Gasteiger partial charge in [-0.3, -0.25) is 19.3 Å². The molecule has 7 nitrogen and oxygen atoms in total. The summed E-state index contributed by atoms with van der Waals surface area (Å²) in [5.74, 6) is 0.0659. The van der Waals surface area contributed by atoms with Gasteiger partial charge in [0, 0.05) is 23.9 Å². The second-order valence-corrected chi connectivity index (χ2v) is 5.40. The first kappa shape index (κ1) is 15.2. The zero-order chi connectivity index (χ0) is 15.4. The van der Waals surface area contributed by atoms with E-state index in [9.17, 15) is 14.4 Å². The molecule has 0 atom stereocenters. The highest BCUT2D eigenvalue weighted by atomic mass is 32.2. The first-order valence-corrected chi connectivity index (χ1v) is 7.20. The Bertz CT molecular complexity index is 575. The van der Waals surface area contributed by atoms with Crippen molar-refractivity contribution in [2.24, 2.45) is 0 Å². The first-order chi connectivity index (χ1) is 10.0. The Hall–Kier alpha value is -2.22. The fraction of sp³-hybridized carbons (Fsp3) is 0.308. The molecule has 1 heterocycles. The molecule has 1 fully saturated rings. The topological polar surface area (TPSA) is 102 Å². The summed E-state index contributed by atoms with van der Waals surface area (Å²) in [6, 6.07) is 4.79. The number of methoxy groups -OCH3 is 1. The smallest absolute Gasteiger partial charge is 0.288 e. The number of nitrogens with one attached hydrogen (secondary N) is 1. The highest BCUT2D eigenvalue weighted by Crippen LogP contribution is 2.26. The molecule has 1 aliphatic rings. The Balaban J connectivity index is 2.05. The predicted octanol–water partition coefficient (Wildman–Crippen LogP) is 1.30. The SMILES string of the molecule is COc1cc(N)ccc1NC(=O)CN1C(=O)CCSC1=O. The van der Waals surface area contributed by atoms with E-state index in [1.165, 1.54) is 7.11 Å². The van der Waals surface area contributed by atoms with Crippen molar-refractivity contribution in [2.75, 3.05) is 30.5 Å². The van der Waals surface area contributed by atoms with Crippen LogP contribution in [0, 0.1) is 0 Å². The van der Waals surface area contributed by atoms with Crippen molar-refractivity contribution in [3.63, 3.8) is 0 Å². The standard InChI is InChI=1S/C13H15N3O4S/c1-20-10-6-8(14)2-3-9(10)15-11(17)7-16-12(18)4-5-21-13(16)19/h2-3,6H,4-5,7,14H2,1H3,(H,15,17). The van der Waals surface area contributed by atoms with Gasteiger partial charge in [0.15, 0.2) is 0 Å². The maximum atomic E-state index is 12.0. The van der Waals surface area contributed by atoms with E-state index in [1.807, 2.05) is 0 Å². The molecular formula is C13H15N3O4S. The number of thioether (sulfide) groups is 1. The number of nitrogens with two attached hydrogens (primary N) is 1. The molecule has 21 heavy (non-hydrogen) atoms. The number of carbonyl (C=O) groups excluding carboxylic acids is 3. The fourth-order valence-corrected chi connectivity index (χ4v) is 2.61. The highest BCUT2D eigenvalue weighted by Gasteiger charge is 2.28. The Morgan fingerprint density at radius 1 is 1.48 bits per heavy atom. The van der Waals surface area contributed by atoms with Crippen molar-refractivity contribution in [1.82, 2.24) is 4.90 Å². The van der Waals surface area contributed by atoms with Crippen molar-refractivity contribution < 1.29 is 19.1 Å². The lowest BCUT2D eigenvalue weighted by molar-refractivity contribution is -0.131. The average Bonchev–Trinajstić information content (AvgIpc) is 2.45. The van der Waals surface area contributed by atoms with Crippen LogP contribution >= 0.6 is 11.8 Å². The van der Waals surface area contributed by atoms with E-state index < -0.39 is 11.1 Å². The van der Waals surface area contributed by atoms with Gasteiger partial charge in [0.05, 0.1) is 12.8 Å². The van der Waals surface area contributed by atoms with Crippen LogP contribution in [0.3, 0.4) is 0 Å². The number of benzene rings is 1. The quantitative estimate of drug-likeness (QED) is 0.813. The number of hydrogen-bond acceptors (Lipinski definition) is 6. The van der Waals surface area contributed by atoms with Gasteiger partial charge in [-0.15, -0.1) is 0 Å². The van der Waals surface area contributed by atoms with Crippen LogP contribution in [0.25, 0.3) is 0 Å². The summed E-state index contributed by atoms with van der Waals surface area (Å²) in [6.07, 6.45) is 0.259. The van der Waals surface area contributed by atoms with E-state index >= 15 is 0 Å². The van der Waals surface area contributed by atoms with Crippen molar-refractivity contribution in [1.29, 1.82) is 0 Å². The van der Waals surface area contributed by atoms with Crippen molar-refractivity contribution in [2.45, 2.75) is 6.42 Å². The Labute approximate surface area is 125 Å². The molecular weight excluding hydrogens is 294 g/mol. The monoisotopic (exact) mass is 309 g/mol. The summed E-state index contributed by atoms with van der Waals surface area (Å²) in [5.41, 5.74) is 6.56. The molecule has 112 valence electrons. The maximum Gasteiger partial charge on any atom is 0.288 e. The van der Waals surface area contributed by atoms with E-state index in [0.29, 0.717) is 22.9 Å². The zero-order valence-electron chi connectivity index (χ0n) is 11.4. The minimum absolute atomic E-state index is 0.259. The van der Waals surface area contributed by atoms with Gasteiger partial charge in [0.1, 0.15) is 12.3 Å². The van der Waals surface area contributed by atoms with Crippen LogP contribution in [0.1, 0.15) is 6.42 Å². The van der Waals surface area contributed by atoms with E-state index in [-0.39, 0.29) is 18.9 Å². The van der Waals surface area contributed by atoms with E-state index in [4.69, 9.17) is 10.5 Å². The highest BCUT2D eigenvalue weighted by molar-refractivity contribution is 8.13. The number of rotatable bonds is 4. The van der Waals surface area contributed by atoms with E-state index in [0.717, 1.165) is 16.7 Å². The van der Waals surface area contributed by atoms with Crippen LogP contribution in [-0.4, -0.2) is 41.4 Å². The number of amides is 3. The number of nitrogens with zero attached hydrogens (tertiary/aromatic N) is 1. The first-order valence-electron chi connectivity index (χ1n) is 6.21. The molecule has 0 aliphatic carbocycles. The summed E-state index contributed by atoms with van der Waals surface area (Å²) in [4.78, 5) is 36.2. The third-order valence-corrected chi connectivity index (χ3v) is 3.74. The molecule has 1 aromatic carbocycles. The third kappa shape index (κ3) is 3.66. The number of ether oxygens (including phenoxy) is 1. The van der Waals surface area contributed by atoms with Crippen molar-refractivity contribution >= 4 is 40.2 Å². The predicted molar refractivity (Wildman–Crippen MR) is 80.2 cm³/mol. The Kier molecular flexibility index (Phi) is 4.69. The average molecular weight is 309 g/mol. The number of imide groups is 1. The molecule has 0 spiro atoms. The summed E-state index contributed by atoms with van der Waals surface area (Å²) < 4.78 is 5.11. The van der Waals surface area contributed by atoms with Crippen LogP contribution < -0.4 is 15.8 Å². The minimum atomic E-state index is -0.470. The molecule has 2 rings (SSSR count). The fourth-order valence-electron chi connectivity index (χ4n) is 1.84. The zero-order valence-corrected chi connectivity index (χ0v) is 12.2. The summed E-state index contributed by atoms with van der Waals surface area (Å²) >= 11 is 1.03. The van der Waals surface area contributed by atoms with Crippen LogP contribution in [-0.2, 0) is 9.59 Å². The normalized spacial score (nSPS) is 15.0.